The first kappa shape index (κ1) is 19.5. The lowest BCUT2D eigenvalue weighted by molar-refractivity contribution is -0.296. The van der Waals surface area contributed by atoms with E-state index >= 15 is 0 Å². The van der Waals surface area contributed by atoms with Gasteiger partial charge in [0, 0.05) is 0 Å². The van der Waals surface area contributed by atoms with E-state index in [1.54, 1.807) is 0 Å². The Labute approximate surface area is 148 Å². The average molecular weight is 333 g/mol. The Balaban J connectivity index is 1.85. The van der Waals surface area contributed by atoms with Crippen LogP contribution in [0.15, 0.2) is 24.3 Å². The highest BCUT2D eigenvalue weighted by Crippen LogP contribution is 2.40. The lowest BCUT2D eigenvalue weighted by Gasteiger charge is -2.32. The second-order valence-electron chi connectivity index (χ2n) is 7.65. The maximum absolute atomic E-state index is 9.48. The van der Waals surface area contributed by atoms with Gasteiger partial charge in [-0.15, -0.1) is 0 Å². The fourth-order valence-electron chi connectivity index (χ4n) is 4.14. The van der Waals surface area contributed by atoms with Crippen LogP contribution in [0.5, 0.6) is 0 Å². The molecule has 0 radical (unpaired) electrons. The van der Waals surface area contributed by atoms with Crippen LogP contribution in [0, 0.1) is 11.8 Å². The van der Waals surface area contributed by atoms with E-state index in [1.807, 2.05) is 0 Å². The third-order valence-electron chi connectivity index (χ3n) is 5.78. The molecule has 0 heterocycles. The standard InChI is InChI=1S/C22H36O2/c1-3-5-7-9-19-12-16-21(17-13-19)22(24-23)20-14-10-18(11-15-20)8-6-4-2/h10-11,14-15,19,21-23H,3-9,12-13,16-17H2,1-2H3. The van der Waals surface area contributed by atoms with E-state index in [-0.39, 0.29) is 6.10 Å². The minimum Gasteiger partial charge on any atom is -0.251 e. The van der Waals surface area contributed by atoms with Gasteiger partial charge in [0.1, 0.15) is 6.10 Å². The van der Waals surface area contributed by atoms with Gasteiger partial charge in [0.25, 0.3) is 0 Å². The summed E-state index contributed by atoms with van der Waals surface area (Å²) in [5.74, 6) is 1.35. The Kier molecular flexibility index (Phi) is 8.83. The van der Waals surface area contributed by atoms with Crippen LogP contribution >= 0.6 is 0 Å². The number of rotatable bonds is 10. The molecule has 1 aliphatic rings. The highest BCUT2D eigenvalue weighted by molar-refractivity contribution is 5.25. The van der Waals surface area contributed by atoms with Gasteiger partial charge in [-0.25, -0.2) is 4.89 Å². The summed E-state index contributed by atoms with van der Waals surface area (Å²) in [6.45, 7) is 4.50. The van der Waals surface area contributed by atoms with Crippen LogP contribution in [0.25, 0.3) is 0 Å². The summed E-state index contributed by atoms with van der Waals surface area (Å²) in [4.78, 5) is 4.93. The van der Waals surface area contributed by atoms with Crippen molar-refractivity contribution in [2.75, 3.05) is 0 Å². The molecule has 0 saturated heterocycles. The maximum atomic E-state index is 9.48. The summed E-state index contributed by atoms with van der Waals surface area (Å²) >= 11 is 0. The molecule has 0 aromatic heterocycles. The smallest absolute Gasteiger partial charge is 0.120 e. The Hall–Kier alpha value is -0.860. The van der Waals surface area contributed by atoms with Gasteiger partial charge in [-0.3, -0.25) is 5.26 Å². The number of aryl methyl sites for hydroxylation is 1. The summed E-state index contributed by atoms with van der Waals surface area (Å²) < 4.78 is 0. The summed E-state index contributed by atoms with van der Waals surface area (Å²) in [6.07, 6.45) is 13.9. The zero-order valence-corrected chi connectivity index (χ0v) is 15.7. The Morgan fingerprint density at radius 2 is 1.62 bits per heavy atom. The fourth-order valence-corrected chi connectivity index (χ4v) is 4.14. The molecule has 136 valence electrons. The minimum absolute atomic E-state index is 0.151. The molecule has 1 atom stereocenters. The van der Waals surface area contributed by atoms with E-state index in [0.717, 1.165) is 17.9 Å². The first-order chi connectivity index (χ1) is 11.8. The van der Waals surface area contributed by atoms with Crippen molar-refractivity contribution in [1.29, 1.82) is 0 Å². The highest BCUT2D eigenvalue weighted by Gasteiger charge is 2.29. The Morgan fingerprint density at radius 3 is 2.21 bits per heavy atom. The van der Waals surface area contributed by atoms with Gasteiger partial charge in [0.15, 0.2) is 0 Å². The number of benzene rings is 1. The van der Waals surface area contributed by atoms with Gasteiger partial charge in [-0.2, -0.15) is 0 Å². The average Bonchev–Trinajstić information content (AvgIpc) is 2.63. The normalized spacial score (nSPS) is 22.5. The lowest BCUT2D eigenvalue weighted by Crippen LogP contribution is -2.22. The van der Waals surface area contributed by atoms with Crippen molar-refractivity contribution in [2.45, 2.75) is 90.6 Å². The van der Waals surface area contributed by atoms with Gasteiger partial charge in [0.05, 0.1) is 0 Å². The molecule has 2 nitrogen and oxygen atoms in total. The minimum atomic E-state index is -0.151. The summed E-state index contributed by atoms with van der Waals surface area (Å²) in [7, 11) is 0. The molecule has 2 heteroatoms. The SMILES string of the molecule is CCCCCC1CCC(C(OO)c2ccc(CCCC)cc2)CC1. The van der Waals surface area contributed by atoms with Crippen LogP contribution in [-0.4, -0.2) is 5.26 Å². The predicted molar refractivity (Wildman–Crippen MR) is 101 cm³/mol. The van der Waals surface area contributed by atoms with Crippen LogP contribution in [0.2, 0.25) is 0 Å². The molecular weight excluding hydrogens is 296 g/mol. The van der Waals surface area contributed by atoms with Crippen LogP contribution in [0.1, 0.15) is 95.3 Å². The topological polar surface area (TPSA) is 29.5 Å². The lowest BCUT2D eigenvalue weighted by atomic mass is 9.76. The Bertz CT molecular complexity index is 432. The van der Waals surface area contributed by atoms with Gasteiger partial charge >= 0.3 is 0 Å². The van der Waals surface area contributed by atoms with E-state index in [2.05, 4.69) is 38.1 Å². The molecule has 0 spiro atoms. The first-order valence-corrected chi connectivity index (χ1v) is 10.2. The van der Waals surface area contributed by atoms with E-state index in [4.69, 9.17) is 4.89 Å². The third-order valence-corrected chi connectivity index (χ3v) is 5.78. The molecule has 1 fully saturated rings. The molecule has 0 bridgehead atoms. The van der Waals surface area contributed by atoms with Crippen molar-refractivity contribution in [3.8, 4) is 0 Å². The van der Waals surface area contributed by atoms with Crippen molar-refractivity contribution < 1.29 is 10.1 Å². The van der Waals surface area contributed by atoms with Crippen molar-refractivity contribution in [3.63, 3.8) is 0 Å². The molecule has 1 aliphatic carbocycles. The van der Waals surface area contributed by atoms with Crippen LogP contribution in [0.4, 0.5) is 0 Å². The number of unbranched alkanes of at least 4 members (excludes halogenated alkanes) is 3. The largest absolute Gasteiger partial charge is 0.251 e. The zero-order valence-electron chi connectivity index (χ0n) is 15.7. The molecule has 1 aromatic carbocycles. The van der Waals surface area contributed by atoms with Crippen LogP contribution in [-0.2, 0) is 11.3 Å². The van der Waals surface area contributed by atoms with Crippen LogP contribution in [0.3, 0.4) is 0 Å². The van der Waals surface area contributed by atoms with Crippen molar-refractivity contribution in [2.24, 2.45) is 11.8 Å². The summed E-state index contributed by atoms with van der Waals surface area (Å²) in [5, 5.41) is 9.48. The van der Waals surface area contributed by atoms with E-state index in [0.29, 0.717) is 5.92 Å². The first-order valence-electron chi connectivity index (χ1n) is 10.2. The molecule has 0 amide bonds. The van der Waals surface area contributed by atoms with Gasteiger partial charge in [0.2, 0.25) is 0 Å². The molecule has 2 rings (SSSR count). The van der Waals surface area contributed by atoms with E-state index in [9.17, 15) is 5.26 Å². The molecule has 1 saturated carbocycles. The molecule has 24 heavy (non-hydrogen) atoms. The molecule has 1 unspecified atom stereocenters. The van der Waals surface area contributed by atoms with Gasteiger partial charge in [-0.1, -0.05) is 83.1 Å². The van der Waals surface area contributed by atoms with E-state index < -0.39 is 0 Å². The van der Waals surface area contributed by atoms with Crippen molar-refractivity contribution in [1.82, 2.24) is 0 Å². The number of hydrogen-bond acceptors (Lipinski definition) is 2. The number of hydrogen-bond donors (Lipinski definition) is 1. The third kappa shape index (κ3) is 5.89. The zero-order chi connectivity index (χ0) is 17.2. The monoisotopic (exact) mass is 332 g/mol. The second-order valence-corrected chi connectivity index (χ2v) is 7.65. The molecule has 0 aliphatic heterocycles. The van der Waals surface area contributed by atoms with Gasteiger partial charge in [-0.05, 0) is 48.6 Å². The molecule has 1 aromatic rings. The van der Waals surface area contributed by atoms with Crippen molar-refractivity contribution >= 4 is 0 Å². The van der Waals surface area contributed by atoms with Crippen LogP contribution < -0.4 is 0 Å². The predicted octanol–water partition coefficient (Wildman–Crippen LogP) is 6.95. The van der Waals surface area contributed by atoms with E-state index in [1.165, 1.54) is 69.8 Å². The highest BCUT2D eigenvalue weighted by atomic mass is 17.1. The second kappa shape index (κ2) is 10.9. The maximum Gasteiger partial charge on any atom is 0.120 e. The Morgan fingerprint density at radius 1 is 0.958 bits per heavy atom. The quantitative estimate of drug-likeness (QED) is 0.285. The van der Waals surface area contributed by atoms with Crippen molar-refractivity contribution in [3.05, 3.63) is 35.4 Å². The fraction of sp³-hybridized carbons (Fsp3) is 0.727. The molecule has 1 N–H and O–H groups in total. The molecular formula is C22H36O2. The van der Waals surface area contributed by atoms with Gasteiger partial charge < -0.3 is 0 Å². The summed E-state index contributed by atoms with van der Waals surface area (Å²) in [6, 6.07) is 8.71. The summed E-state index contributed by atoms with van der Waals surface area (Å²) in [5.41, 5.74) is 2.52.